The van der Waals surface area contributed by atoms with Gasteiger partial charge in [0.25, 0.3) is 0 Å². The van der Waals surface area contributed by atoms with Gasteiger partial charge in [-0.05, 0) is 36.5 Å². The van der Waals surface area contributed by atoms with Crippen LogP contribution in [0.5, 0.6) is 0 Å². The number of hydrogen-bond donors (Lipinski definition) is 1. The highest BCUT2D eigenvalue weighted by molar-refractivity contribution is 7.80. The Morgan fingerprint density at radius 1 is 1.36 bits per heavy atom. The Kier molecular flexibility index (Phi) is 5.34. The molecule has 3 radical (unpaired) electrons. The number of rotatable bonds is 5. The van der Waals surface area contributed by atoms with E-state index in [4.69, 9.17) is 0 Å². The number of hydrogen-bond acceptors (Lipinski definition) is 1. The molecule has 0 saturated carbocycles. The summed E-state index contributed by atoms with van der Waals surface area (Å²) in [6.07, 6.45) is 3.64. The third kappa shape index (κ3) is 3.89. The number of thiol groups is 1. The summed E-state index contributed by atoms with van der Waals surface area (Å²) in [6, 6.07) is 8.46. The molecule has 0 saturated heterocycles. The minimum Gasteiger partial charge on any atom is -0.179 e. The van der Waals surface area contributed by atoms with Crippen LogP contribution >= 0.6 is 12.6 Å². The highest BCUT2D eigenvalue weighted by Gasteiger charge is 2.04. The van der Waals surface area contributed by atoms with E-state index in [1.807, 2.05) is 0 Å². The van der Waals surface area contributed by atoms with Crippen LogP contribution < -0.4 is 5.19 Å². The third-order valence-corrected chi connectivity index (χ3v) is 3.24. The number of benzene rings is 1. The lowest BCUT2D eigenvalue weighted by Gasteiger charge is -2.12. The highest BCUT2D eigenvalue weighted by Crippen LogP contribution is 2.12. The van der Waals surface area contributed by atoms with Crippen molar-refractivity contribution < 1.29 is 0 Å². The van der Waals surface area contributed by atoms with Crippen molar-refractivity contribution >= 4 is 28.1 Å². The van der Waals surface area contributed by atoms with Crippen LogP contribution in [0.2, 0.25) is 0 Å². The third-order valence-electron chi connectivity index (χ3n) is 2.44. The summed E-state index contributed by atoms with van der Waals surface area (Å²) >= 11 is 4.23. The van der Waals surface area contributed by atoms with Crippen molar-refractivity contribution in [3.05, 3.63) is 29.8 Å². The van der Waals surface area contributed by atoms with Crippen molar-refractivity contribution in [2.24, 2.45) is 5.92 Å². The van der Waals surface area contributed by atoms with Crippen LogP contribution in [-0.4, -0.2) is 16.0 Å². The molecule has 0 N–H and O–H groups in total. The lowest BCUT2D eigenvalue weighted by Crippen LogP contribution is -2.13. The molecule has 0 aromatic heterocycles. The van der Waals surface area contributed by atoms with Crippen LogP contribution in [0.1, 0.15) is 25.3 Å². The molecule has 0 aliphatic rings. The van der Waals surface area contributed by atoms with Crippen molar-refractivity contribution in [3.63, 3.8) is 0 Å². The first-order valence-corrected chi connectivity index (χ1v) is 6.27. The summed E-state index contributed by atoms with van der Waals surface area (Å²) in [5, 5.41) is 1.23. The Hall–Kier alpha value is -0.213. The molecule has 0 aliphatic carbocycles. The first-order chi connectivity index (χ1) is 6.74. The van der Waals surface area contributed by atoms with Gasteiger partial charge in [0.1, 0.15) is 0 Å². The van der Waals surface area contributed by atoms with E-state index < -0.39 is 0 Å². The monoisotopic (exact) mass is 221 g/mol. The quantitative estimate of drug-likeness (QED) is 0.573. The van der Waals surface area contributed by atoms with Crippen molar-refractivity contribution in [3.8, 4) is 0 Å². The zero-order valence-electron chi connectivity index (χ0n) is 8.66. The van der Waals surface area contributed by atoms with E-state index in [0.29, 0.717) is 0 Å². The Morgan fingerprint density at radius 2 is 2.07 bits per heavy atom. The molecule has 0 nitrogen and oxygen atoms in total. The Labute approximate surface area is 95.9 Å². The molecule has 1 aromatic rings. The second-order valence-corrected chi connectivity index (χ2v) is 4.82. The first-order valence-electron chi connectivity index (χ1n) is 5.14. The zero-order chi connectivity index (χ0) is 10.4. The second kappa shape index (κ2) is 6.30. The molecule has 2 heteroatoms. The van der Waals surface area contributed by atoms with E-state index in [1.165, 1.54) is 23.6 Å². The zero-order valence-corrected chi connectivity index (χ0v) is 10.6. The molecule has 0 heterocycles. The summed E-state index contributed by atoms with van der Waals surface area (Å²) in [5.41, 5.74) is 1.41. The maximum Gasteiger partial charge on any atom is 0.0715 e. The second-order valence-electron chi connectivity index (χ2n) is 3.83. The van der Waals surface area contributed by atoms with E-state index in [9.17, 15) is 0 Å². The van der Waals surface area contributed by atoms with Gasteiger partial charge in [0.05, 0.1) is 10.2 Å². The van der Waals surface area contributed by atoms with Gasteiger partial charge in [-0.25, -0.2) is 0 Å². The van der Waals surface area contributed by atoms with Crippen LogP contribution in [-0.2, 0) is 6.42 Å². The van der Waals surface area contributed by atoms with Crippen LogP contribution in [0.15, 0.2) is 24.3 Å². The summed E-state index contributed by atoms with van der Waals surface area (Å²) in [7, 11) is 3.63. The maximum atomic E-state index is 4.23. The van der Waals surface area contributed by atoms with E-state index in [2.05, 4.69) is 54.1 Å². The SMILES string of the molecule is CC(CCCS)Cc1ccccc1[Si]. The van der Waals surface area contributed by atoms with E-state index in [0.717, 1.165) is 18.1 Å². The highest BCUT2D eigenvalue weighted by atomic mass is 32.1. The average Bonchev–Trinajstić information content (AvgIpc) is 2.18. The standard InChI is InChI=1S/C12H17SSi/c1-10(5-4-8-13)9-11-6-2-3-7-12(11)14/h2-3,6-7,10,13H,4-5,8-9H2,1H3. The fraction of sp³-hybridized carbons (Fsp3) is 0.500. The normalized spacial score (nSPS) is 12.8. The van der Waals surface area contributed by atoms with Gasteiger partial charge in [-0.15, -0.1) is 0 Å². The van der Waals surface area contributed by atoms with Gasteiger partial charge in [-0.3, -0.25) is 0 Å². The average molecular weight is 221 g/mol. The first kappa shape index (κ1) is 11.9. The molecule has 0 fully saturated rings. The van der Waals surface area contributed by atoms with Crippen molar-refractivity contribution in [2.75, 3.05) is 5.75 Å². The van der Waals surface area contributed by atoms with Crippen LogP contribution in [0.3, 0.4) is 0 Å². The minimum absolute atomic E-state index is 0.750. The van der Waals surface area contributed by atoms with Gasteiger partial charge in [-0.2, -0.15) is 12.6 Å². The Balaban J connectivity index is 2.47. The van der Waals surface area contributed by atoms with Gasteiger partial charge >= 0.3 is 0 Å². The van der Waals surface area contributed by atoms with E-state index >= 15 is 0 Å². The van der Waals surface area contributed by atoms with Gasteiger partial charge < -0.3 is 0 Å². The summed E-state index contributed by atoms with van der Waals surface area (Å²) in [6.45, 7) is 2.31. The fourth-order valence-electron chi connectivity index (χ4n) is 1.62. The molecular weight excluding hydrogens is 204 g/mol. The molecular formula is C12H17SSi. The van der Waals surface area contributed by atoms with Crippen LogP contribution in [0.25, 0.3) is 0 Å². The van der Waals surface area contributed by atoms with Crippen molar-refractivity contribution in [2.45, 2.75) is 26.2 Å². The molecule has 1 atom stereocenters. The molecule has 0 aliphatic heterocycles. The summed E-state index contributed by atoms with van der Waals surface area (Å²) in [4.78, 5) is 0. The predicted molar refractivity (Wildman–Crippen MR) is 67.8 cm³/mol. The largest absolute Gasteiger partial charge is 0.179 e. The minimum atomic E-state index is 0.750. The molecule has 14 heavy (non-hydrogen) atoms. The molecule has 0 bridgehead atoms. The summed E-state index contributed by atoms with van der Waals surface area (Å²) in [5.74, 6) is 1.75. The van der Waals surface area contributed by atoms with E-state index in [-0.39, 0.29) is 0 Å². The van der Waals surface area contributed by atoms with Crippen LogP contribution in [0, 0.1) is 5.92 Å². The van der Waals surface area contributed by atoms with Crippen molar-refractivity contribution in [1.82, 2.24) is 0 Å². The molecule has 1 rings (SSSR count). The van der Waals surface area contributed by atoms with E-state index in [1.54, 1.807) is 0 Å². The van der Waals surface area contributed by atoms with Gasteiger partial charge in [0, 0.05) is 0 Å². The lowest BCUT2D eigenvalue weighted by molar-refractivity contribution is 0.526. The fourth-order valence-corrected chi connectivity index (χ4v) is 2.08. The molecule has 1 aromatic carbocycles. The molecule has 1 unspecified atom stereocenters. The Morgan fingerprint density at radius 3 is 2.71 bits per heavy atom. The van der Waals surface area contributed by atoms with Crippen LogP contribution in [0.4, 0.5) is 0 Å². The van der Waals surface area contributed by atoms with Crippen molar-refractivity contribution in [1.29, 1.82) is 0 Å². The topological polar surface area (TPSA) is 0 Å². The maximum absolute atomic E-state index is 4.23. The van der Waals surface area contributed by atoms with Gasteiger partial charge in [0.2, 0.25) is 0 Å². The smallest absolute Gasteiger partial charge is 0.0715 e. The lowest BCUT2D eigenvalue weighted by atomic mass is 9.97. The Bertz CT molecular complexity index is 273. The summed E-state index contributed by atoms with van der Waals surface area (Å²) < 4.78 is 0. The molecule has 75 valence electrons. The van der Waals surface area contributed by atoms with Gasteiger partial charge in [-0.1, -0.05) is 36.4 Å². The van der Waals surface area contributed by atoms with Gasteiger partial charge in [0.15, 0.2) is 0 Å². The molecule has 0 amide bonds. The predicted octanol–water partition coefficient (Wildman–Crippen LogP) is 2.37. The molecule has 0 spiro atoms.